The molecule has 1 aliphatic rings. The van der Waals surface area contributed by atoms with Crippen molar-refractivity contribution < 1.29 is 18.7 Å². The quantitative estimate of drug-likeness (QED) is 0.840. The molecule has 0 bridgehead atoms. The molecule has 0 unspecified atom stereocenters. The Bertz CT molecular complexity index is 994. The van der Waals surface area contributed by atoms with Crippen molar-refractivity contribution >= 4 is 17.6 Å². The summed E-state index contributed by atoms with van der Waals surface area (Å²) < 4.78 is 20.2. The summed E-state index contributed by atoms with van der Waals surface area (Å²) >= 11 is 0. The number of methoxy groups -OCH3 is 1. The van der Waals surface area contributed by atoms with Crippen molar-refractivity contribution in [3.8, 4) is 11.8 Å². The van der Waals surface area contributed by atoms with E-state index in [2.05, 4.69) is 10.1 Å². The third kappa shape index (κ3) is 2.84. The predicted octanol–water partition coefficient (Wildman–Crippen LogP) is 1.62. The van der Waals surface area contributed by atoms with E-state index in [1.54, 1.807) is 12.1 Å². The molecule has 1 saturated carbocycles. The van der Waals surface area contributed by atoms with Gasteiger partial charge in [-0.1, -0.05) is 6.07 Å². The second kappa shape index (κ2) is 6.44. The summed E-state index contributed by atoms with van der Waals surface area (Å²) in [6.07, 6.45) is 1.52. The zero-order valence-corrected chi connectivity index (χ0v) is 13.7. The first-order chi connectivity index (χ1) is 12.4. The number of esters is 1. The molecule has 0 saturated heterocycles. The van der Waals surface area contributed by atoms with Gasteiger partial charge in [0.25, 0.3) is 5.56 Å². The molecule has 2 aromatic rings. The molecule has 1 amide bonds. The zero-order chi connectivity index (χ0) is 18.9. The van der Waals surface area contributed by atoms with E-state index >= 15 is 0 Å². The number of carbonyl (C=O) groups excluding carboxylic acids is 2. The highest BCUT2D eigenvalue weighted by molar-refractivity contribution is 6.04. The molecule has 7 nitrogen and oxygen atoms in total. The Morgan fingerprint density at radius 3 is 2.77 bits per heavy atom. The minimum atomic E-state index is -1.55. The van der Waals surface area contributed by atoms with Gasteiger partial charge in [-0.3, -0.25) is 19.0 Å². The zero-order valence-electron chi connectivity index (χ0n) is 13.7. The van der Waals surface area contributed by atoms with Crippen LogP contribution in [0.5, 0.6) is 0 Å². The third-order valence-electron chi connectivity index (χ3n) is 4.35. The van der Waals surface area contributed by atoms with Gasteiger partial charge in [-0.25, -0.2) is 4.39 Å². The fourth-order valence-electron chi connectivity index (χ4n) is 2.74. The van der Waals surface area contributed by atoms with Crippen LogP contribution in [0.25, 0.3) is 5.69 Å². The number of hydrogen-bond acceptors (Lipinski definition) is 5. The Labute approximate surface area is 147 Å². The van der Waals surface area contributed by atoms with E-state index in [1.807, 2.05) is 6.07 Å². The van der Waals surface area contributed by atoms with Gasteiger partial charge in [0.05, 0.1) is 30.5 Å². The number of anilines is 1. The molecule has 1 N–H and O–H groups in total. The van der Waals surface area contributed by atoms with Gasteiger partial charge in [-0.2, -0.15) is 5.26 Å². The van der Waals surface area contributed by atoms with Gasteiger partial charge in [-0.05, 0) is 24.6 Å². The number of nitrogens with one attached hydrogen (secondary N) is 1. The fraction of sp³-hybridized carbons (Fsp3) is 0.222. The molecular weight excluding hydrogens is 341 g/mol. The van der Waals surface area contributed by atoms with Crippen molar-refractivity contribution in [2.45, 2.75) is 6.42 Å². The topological polar surface area (TPSA) is 101 Å². The number of pyridine rings is 1. The molecule has 1 aliphatic carbocycles. The van der Waals surface area contributed by atoms with Crippen molar-refractivity contribution in [2.24, 2.45) is 11.3 Å². The highest BCUT2D eigenvalue weighted by Crippen LogP contribution is 2.53. The van der Waals surface area contributed by atoms with Crippen LogP contribution in [0.3, 0.4) is 0 Å². The molecule has 3 rings (SSSR count). The summed E-state index contributed by atoms with van der Waals surface area (Å²) in [7, 11) is 1.17. The van der Waals surface area contributed by atoms with Crippen LogP contribution in [0, 0.1) is 28.5 Å². The maximum absolute atomic E-state index is 14.4. The summed E-state index contributed by atoms with van der Waals surface area (Å²) in [5, 5.41) is 11.6. The molecule has 0 aliphatic heterocycles. The first-order valence-corrected chi connectivity index (χ1v) is 7.71. The lowest BCUT2D eigenvalue weighted by Crippen LogP contribution is -2.27. The molecule has 1 aromatic heterocycles. The molecule has 1 heterocycles. The van der Waals surface area contributed by atoms with Crippen molar-refractivity contribution in [3.63, 3.8) is 0 Å². The van der Waals surface area contributed by atoms with Gasteiger partial charge in [0.15, 0.2) is 5.41 Å². The number of nitriles is 1. The van der Waals surface area contributed by atoms with Gasteiger partial charge in [0.1, 0.15) is 5.82 Å². The van der Waals surface area contributed by atoms with Crippen LogP contribution in [0.2, 0.25) is 0 Å². The number of rotatable bonds is 4. The normalized spacial score (nSPS) is 20.7. The second-order valence-corrected chi connectivity index (χ2v) is 5.89. The highest BCUT2D eigenvalue weighted by Gasteiger charge is 2.65. The average Bonchev–Trinajstić information content (AvgIpc) is 3.39. The van der Waals surface area contributed by atoms with E-state index in [-0.39, 0.29) is 17.7 Å². The Balaban J connectivity index is 1.83. The molecule has 132 valence electrons. The summed E-state index contributed by atoms with van der Waals surface area (Å²) in [4.78, 5) is 35.7. The number of ether oxygens (including phenoxy) is 1. The Kier molecular flexibility index (Phi) is 4.30. The number of aromatic nitrogens is 1. The van der Waals surface area contributed by atoms with E-state index < -0.39 is 29.0 Å². The molecular formula is C18H14FN3O4. The summed E-state index contributed by atoms with van der Waals surface area (Å²) in [6.45, 7) is 0. The second-order valence-electron chi connectivity index (χ2n) is 5.89. The molecule has 1 fully saturated rings. The maximum atomic E-state index is 14.4. The number of halogens is 1. The number of amides is 1. The van der Waals surface area contributed by atoms with Crippen LogP contribution in [0.1, 0.15) is 6.42 Å². The SMILES string of the molecule is COC(=O)[C@H]1C[C@]1(C#N)C(=O)Nc1ccc(-n2ccccc2=O)cc1F. The molecule has 0 spiro atoms. The summed E-state index contributed by atoms with van der Waals surface area (Å²) in [6, 6.07) is 10.2. The van der Waals surface area contributed by atoms with Gasteiger partial charge < -0.3 is 10.1 Å². The molecule has 2 atom stereocenters. The Hall–Kier alpha value is -3.47. The minimum Gasteiger partial charge on any atom is -0.469 e. The Morgan fingerprint density at radius 1 is 1.38 bits per heavy atom. The standard InChI is InChI=1S/C18H14FN3O4/c1-26-16(24)12-9-18(12,10-20)17(25)21-14-6-5-11(8-13(14)19)22-7-3-2-4-15(22)23/h2-8,12H,9H2,1H3,(H,21,25)/t12-,18-/m1/s1. The van der Waals surface area contributed by atoms with Gasteiger partial charge in [0, 0.05) is 18.3 Å². The smallest absolute Gasteiger partial charge is 0.310 e. The minimum absolute atomic E-state index is 0.0289. The molecule has 8 heteroatoms. The molecule has 26 heavy (non-hydrogen) atoms. The molecule has 0 radical (unpaired) electrons. The largest absolute Gasteiger partial charge is 0.469 e. The van der Waals surface area contributed by atoms with Crippen LogP contribution in [0.15, 0.2) is 47.4 Å². The van der Waals surface area contributed by atoms with E-state index in [1.165, 1.54) is 36.1 Å². The number of benzene rings is 1. The van der Waals surface area contributed by atoms with E-state index in [0.29, 0.717) is 5.69 Å². The highest BCUT2D eigenvalue weighted by atomic mass is 19.1. The first-order valence-electron chi connectivity index (χ1n) is 7.71. The van der Waals surface area contributed by atoms with E-state index in [4.69, 9.17) is 0 Å². The van der Waals surface area contributed by atoms with Gasteiger partial charge in [-0.15, -0.1) is 0 Å². The number of nitrogens with zero attached hydrogens (tertiary/aromatic N) is 2. The van der Waals surface area contributed by atoms with Crippen LogP contribution < -0.4 is 10.9 Å². The summed E-state index contributed by atoms with van der Waals surface area (Å²) in [5.41, 5.74) is -1.73. The number of carbonyl (C=O) groups is 2. The lowest BCUT2D eigenvalue weighted by Gasteiger charge is -2.12. The Morgan fingerprint density at radius 2 is 2.15 bits per heavy atom. The lowest BCUT2D eigenvalue weighted by atomic mass is 10.0. The van der Waals surface area contributed by atoms with Crippen molar-refractivity contribution in [2.75, 3.05) is 12.4 Å². The van der Waals surface area contributed by atoms with Crippen LogP contribution in [-0.4, -0.2) is 23.6 Å². The van der Waals surface area contributed by atoms with Crippen LogP contribution in [0.4, 0.5) is 10.1 Å². The monoisotopic (exact) mass is 355 g/mol. The van der Waals surface area contributed by atoms with Gasteiger partial charge in [0.2, 0.25) is 5.91 Å². The summed E-state index contributed by atoms with van der Waals surface area (Å²) in [5.74, 6) is -3.04. The van der Waals surface area contributed by atoms with Crippen molar-refractivity contribution in [1.29, 1.82) is 5.26 Å². The van der Waals surface area contributed by atoms with Crippen molar-refractivity contribution in [1.82, 2.24) is 4.57 Å². The lowest BCUT2D eigenvalue weighted by molar-refractivity contribution is -0.143. The van der Waals surface area contributed by atoms with Gasteiger partial charge >= 0.3 is 5.97 Å². The predicted molar refractivity (Wildman–Crippen MR) is 88.8 cm³/mol. The van der Waals surface area contributed by atoms with Crippen LogP contribution in [-0.2, 0) is 14.3 Å². The maximum Gasteiger partial charge on any atom is 0.310 e. The van der Waals surface area contributed by atoms with Crippen LogP contribution >= 0.6 is 0 Å². The average molecular weight is 355 g/mol. The number of hydrogen-bond donors (Lipinski definition) is 1. The molecule has 1 aromatic carbocycles. The van der Waals surface area contributed by atoms with E-state index in [9.17, 15) is 24.0 Å². The first kappa shape index (κ1) is 17.4. The van der Waals surface area contributed by atoms with Crippen molar-refractivity contribution in [3.05, 3.63) is 58.8 Å². The fourth-order valence-corrected chi connectivity index (χ4v) is 2.74. The van der Waals surface area contributed by atoms with E-state index in [0.717, 1.165) is 6.07 Å². The third-order valence-corrected chi connectivity index (χ3v) is 4.35.